The number of benzene rings is 1. The van der Waals surface area contributed by atoms with Gasteiger partial charge in [0.25, 0.3) is 11.6 Å². The maximum atomic E-state index is 13.0. The zero-order valence-corrected chi connectivity index (χ0v) is 15.1. The number of hydrogen-bond donors (Lipinski definition) is 0. The number of carbonyl (C=O) groups is 1. The van der Waals surface area contributed by atoms with Gasteiger partial charge in [0.15, 0.2) is 0 Å². The molecule has 0 radical (unpaired) electrons. The van der Waals surface area contributed by atoms with Crippen molar-refractivity contribution in [1.29, 1.82) is 0 Å². The minimum atomic E-state index is -0.443. The molecule has 0 saturated heterocycles. The molecule has 0 saturated carbocycles. The fraction of sp³-hybridized carbons (Fsp3) is 0.211. The second-order valence-electron chi connectivity index (χ2n) is 5.89. The molecular formula is C19H18N2O4S. The van der Waals surface area contributed by atoms with Crippen molar-refractivity contribution in [1.82, 2.24) is 4.90 Å². The van der Waals surface area contributed by atoms with Crippen LogP contribution in [0.2, 0.25) is 0 Å². The Morgan fingerprint density at radius 3 is 2.73 bits per heavy atom. The Bertz CT molecular complexity index is 888. The van der Waals surface area contributed by atoms with E-state index >= 15 is 0 Å². The van der Waals surface area contributed by atoms with Crippen molar-refractivity contribution in [2.45, 2.75) is 19.9 Å². The summed E-state index contributed by atoms with van der Waals surface area (Å²) in [6.07, 6.45) is 2.32. The highest BCUT2D eigenvalue weighted by Crippen LogP contribution is 2.21. The van der Waals surface area contributed by atoms with E-state index < -0.39 is 4.92 Å². The van der Waals surface area contributed by atoms with Crippen LogP contribution in [0.5, 0.6) is 0 Å². The summed E-state index contributed by atoms with van der Waals surface area (Å²) in [4.78, 5) is 26.4. The second-order valence-corrected chi connectivity index (χ2v) is 6.93. The number of furan rings is 1. The standard InChI is InChI=1S/C19H18N2O4S/c1-14-12-15(6-7-18(14)21(23)24)19(22)20(13-16-4-2-10-25-16)9-8-17-5-3-11-26-17/h2-7,10-12H,8-9,13H2,1H3. The monoisotopic (exact) mass is 370 g/mol. The number of amides is 1. The first-order chi connectivity index (χ1) is 12.5. The van der Waals surface area contributed by atoms with Crippen molar-refractivity contribution in [2.24, 2.45) is 0 Å². The third-order valence-electron chi connectivity index (χ3n) is 4.06. The van der Waals surface area contributed by atoms with Crippen molar-refractivity contribution >= 4 is 22.9 Å². The van der Waals surface area contributed by atoms with Crippen molar-refractivity contribution in [2.75, 3.05) is 6.54 Å². The molecule has 1 aromatic carbocycles. The summed E-state index contributed by atoms with van der Waals surface area (Å²) in [7, 11) is 0. The SMILES string of the molecule is Cc1cc(C(=O)N(CCc2cccs2)Cc2ccco2)ccc1[N+](=O)[O-]. The lowest BCUT2D eigenvalue weighted by Crippen LogP contribution is -2.32. The van der Waals surface area contributed by atoms with Crippen LogP contribution in [0.15, 0.2) is 58.5 Å². The van der Waals surface area contributed by atoms with E-state index in [-0.39, 0.29) is 11.6 Å². The van der Waals surface area contributed by atoms with Gasteiger partial charge >= 0.3 is 0 Å². The minimum Gasteiger partial charge on any atom is -0.467 e. The lowest BCUT2D eigenvalue weighted by atomic mass is 10.1. The predicted molar refractivity (Wildman–Crippen MR) is 99.3 cm³/mol. The molecule has 0 aliphatic heterocycles. The highest BCUT2D eigenvalue weighted by molar-refractivity contribution is 7.09. The first-order valence-corrected chi connectivity index (χ1v) is 9.01. The van der Waals surface area contributed by atoms with Gasteiger partial charge < -0.3 is 9.32 Å². The Kier molecular flexibility index (Phi) is 5.48. The minimum absolute atomic E-state index is 0.0118. The third kappa shape index (κ3) is 4.18. The van der Waals surface area contributed by atoms with E-state index in [4.69, 9.17) is 4.42 Å². The number of nitro benzene ring substituents is 1. The van der Waals surface area contributed by atoms with Crippen molar-refractivity contribution in [3.8, 4) is 0 Å². The van der Waals surface area contributed by atoms with Gasteiger partial charge in [-0.15, -0.1) is 11.3 Å². The molecule has 26 heavy (non-hydrogen) atoms. The van der Waals surface area contributed by atoms with E-state index in [1.807, 2.05) is 23.6 Å². The average molecular weight is 370 g/mol. The fourth-order valence-electron chi connectivity index (χ4n) is 2.72. The topological polar surface area (TPSA) is 76.6 Å². The van der Waals surface area contributed by atoms with Crippen molar-refractivity contribution in [3.63, 3.8) is 0 Å². The van der Waals surface area contributed by atoms with Gasteiger partial charge in [0.2, 0.25) is 0 Å². The first kappa shape index (κ1) is 17.9. The third-order valence-corrected chi connectivity index (χ3v) is 5.00. The van der Waals surface area contributed by atoms with E-state index in [9.17, 15) is 14.9 Å². The van der Waals surface area contributed by atoms with Crippen LogP contribution in [0, 0.1) is 17.0 Å². The van der Waals surface area contributed by atoms with Gasteiger partial charge in [0, 0.05) is 28.6 Å². The molecular weight excluding hydrogens is 352 g/mol. The van der Waals surface area contributed by atoms with Crippen molar-refractivity contribution < 1.29 is 14.1 Å². The van der Waals surface area contributed by atoms with Gasteiger partial charge in [0.1, 0.15) is 5.76 Å². The normalized spacial score (nSPS) is 10.7. The molecule has 0 atom stereocenters. The van der Waals surface area contributed by atoms with Gasteiger partial charge in [-0.2, -0.15) is 0 Å². The predicted octanol–water partition coefficient (Wildman–Crippen LogP) is 4.44. The summed E-state index contributed by atoms with van der Waals surface area (Å²) in [6.45, 7) is 2.53. The molecule has 0 N–H and O–H groups in total. The van der Waals surface area contributed by atoms with Crippen LogP contribution in [0.25, 0.3) is 0 Å². The van der Waals surface area contributed by atoms with Crippen molar-refractivity contribution in [3.05, 3.63) is 86.0 Å². The Labute approximate surface area is 154 Å². The molecule has 0 unspecified atom stereocenters. The Morgan fingerprint density at radius 1 is 1.27 bits per heavy atom. The zero-order chi connectivity index (χ0) is 18.5. The number of rotatable bonds is 7. The van der Waals surface area contributed by atoms with E-state index in [1.165, 1.54) is 17.0 Å². The molecule has 3 rings (SSSR count). The Balaban J connectivity index is 1.81. The van der Waals surface area contributed by atoms with Crippen LogP contribution in [0.1, 0.15) is 26.6 Å². The summed E-state index contributed by atoms with van der Waals surface area (Å²) in [5.41, 5.74) is 0.917. The number of carbonyl (C=O) groups excluding carboxylic acids is 1. The molecule has 2 heterocycles. The lowest BCUT2D eigenvalue weighted by molar-refractivity contribution is -0.385. The number of thiophene rings is 1. The number of nitro groups is 1. The molecule has 7 heteroatoms. The van der Waals surface area contributed by atoms with E-state index in [2.05, 4.69) is 0 Å². The van der Waals surface area contributed by atoms with Crippen LogP contribution in [0.4, 0.5) is 5.69 Å². The lowest BCUT2D eigenvalue weighted by Gasteiger charge is -2.22. The molecule has 2 aromatic heterocycles. The largest absolute Gasteiger partial charge is 0.467 e. The summed E-state index contributed by atoms with van der Waals surface area (Å²) >= 11 is 1.65. The summed E-state index contributed by atoms with van der Waals surface area (Å²) < 4.78 is 5.38. The van der Waals surface area contributed by atoms with Crippen LogP contribution in [-0.2, 0) is 13.0 Å². The maximum absolute atomic E-state index is 13.0. The van der Waals surface area contributed by atoms with Crippen LogP contribution in [-0.4, -0.2) is 22.3 Å². The Morgan fingerprint density at radius 2 is 2.12 bits per heavy atom. The molecule has 3 aromatic rings. The quantitative estimate of drug-likeness (QED) is 0.455. The molecule has 1 amide bonds. The van der Waals surface area contributed by atoms with E-state index in [0.717, 1.165) is 6.42 Å². The van der Waals surface area contributed by atoms with Crippen LogP contribution in [0.3, 0.4) is 0 Å². The molecule has 0 fully saturated rings. The van der Waals surface area contributed by atoms with Gasteiger partial charge in [-0.1, -0.05) is 6.07 Å². The summed E-state index contributed by atoms with van der Waals surface area (Å²) in [5.74, 6) is 0.527. The van der Waals surface area contributed by atoms with Crippen LogP contribution >= 0.6 is 11.3 Å². The van der Waals surface area contributed by atoms with Gasteiger partial charge in [-0.25, -0.2) is 0 Å². The second kappa shape index (κ2) is 7.97. The summed E-state index contributed by atoms with van der Waals surface area (Å²) in [5, 5.41) is 13.0. The molecule has 134 valence electrons. The molecule has 0 aliphatic rings. The molecule has 0 aliphatic carbocycles. The maximum Gasteiger partial charge on any atom is 0.272 e. The Hall–Kier alpha value is -2.93. The van der Waals surface area contributed by atoms with Crippen LogP contribution < -0.4 is 0 Å². The zero-order valence-electron chi connectivity index (χ0n) is 14.3. The fourth-order valence-corrected chi connectivity index (χ4v) is 3.42. The molecule has 0 bridgehead atoms. The van der Waals surface area contributed by atoms with Gasteiger partial charge in [-0.3, -0.25) is 14.9 Å². The number of hydrogen-bond acceptors (Lipinski definition) is 5. The van der Waals surface area contributed by atoms with E-state index in [0.29, 0.717) is 30.0 Å². The highest BCUT2D eigenvalue weighted by Gasteiger charge is 2.20. The average Bonchev–Trinajstić information content (AvgIpc) is 3.31. The molecule has 0 spiro atoms. The number of nitrogens with zero attached hydrogens (tertiary/aromatic N) is 2. The number of aryl methyl sites for hydroxylation is 1. The highest BCUT2D eigenvalue weighted by atomic mass is 32.1. The van der Waals surface area contributed by atoms with E-state index in [1.54, 1.807) is 41.6 Å². The molecule has 6 nitrogen and oxygen atoms in total. The first-order valence-electron chi connectivity index (χ1n) is 8.13. The smallest absolute Gasteiger partial charge is 0.272 e. The summed E-state index contributed by atoms with van der Waals surface area (Å²) in [6, 6.07) is 12.1. The van der Waals surface area contributed by atoms with Gasteiger partial charge in [-0.05, 0) is 49.1 Å². The van der Waals surface area contributed by atoms with Gasteiger partial charge in [0.05, 0.1) is 17.7 Å².